The van der Waals surface area contributed by atoms with E-state index in [2.05, 4.69) is 318 Å². The average molecular weight is 1570 g/mol. The van der Waals surface area contributed by atoms with Gasteiger partial charge in [-0.1, -0.05) is 259 Å². The number of allylic oxidation sites excluding steroid dienone is 6. The first kappa shape index (κ1) is 92.4. The fourth-order valence-corrected chi connectivity index (χ4v) is 22.0. The molecule has 8 nitrogen and oxygen atoms in total. The van der Waals surface area contributed by atoms with Crippen LogP contribution in [0.5, 0.6) is 0 Å². The van der Waals surface area contributed by atoms with Gasteiger partial charge in [-0.25, -0.2) is 4.79 Å². The minimum absolute atomic E-state index is 0. The highest BCUT2D eigenvalue weighted by molar-refractivity contribution is 7.95. The summed E-state index contributed by atoms with van der Waals surface area (Å²) < 4.78 is 43.8. The highest BCUT2D eigenvalue weighted by atomic mass is 127. The Morgan fingerprint density at radius 1 is 0.480 bits per heavy atom. The van der Waals surface area contributed by atoms with Crippen molar-refractivity contribution in [2.45, 2.75) is 239 Å². The van der Waals surface area contributed by atoms with E-state index in [-0.39, 0.29) is 101 Å². The number of hydrogen-bond donors (Lipinski definition) is 0. The van der Waals surface area contributed by atoms with Crippen LogP contribution in [-0.4, -0.2) is 75.0 Å². The molecule has 102 heavy (non-hydrogen) atoms. The van der Waals surface area contributed by atoms with Crippen molar-refractivity contribution in [1.82, 2.24) is 0 Å². The van der Waals surface area contributed by atoms with Gasteiger partial charge >= 0.3 is 5.63 Å². The Morgan fingerprint density at radius 3 is 1.25 bits per heavy atom. The van der Waals surface area contributed by atoms with E-state index in [9.17, 15) is 4.79 Å². The molecule has 0 saturated carbocycles. The van der Waals surface area contributed by atoms with Gasteiger partial charge in [0, 0.05) is 49.3 Å². The zero-order chi connectivity index (χ0) is 75.6. The Bertz CT molecular complexity index is 3290. The Kier molecular flexibility index (Phi) is 39.7. The Hall–Kier alpha value is -3.86. The summed E-state index contributed by atoms with van der Waals surface area (Å²) in [6.45, 7) is 61.6. The van der Waals surface area contributed by atoms with E-state index < -0.39 is 23.9 Å². The van der Waals surface area contributed by atoms with Crippen molar-refractivity contribution in [3.63, 3.8) is 0 Å². The second-order valence-electron chi connectivity index (χ2n) is 33.4. The summed E-state index contributed by atoms with van der Waals surface area (Å²) in [6, 6.07) is 42.7. The van der Waals surface area contributed by atoms with Gasteiger partial charge in [0.1, 0.15) is 42.3 Å². The zero-order valence-electron chi connectivity index (χ0n) is 68.9. The Morgan fingerprint density at radius 2 is 0.873 bits per heavy atom. The molecule has 0 radical (unpaired) electrons. The number of methoxy groups -OCH3 is 2. The largest absolute Gasteiger partial charge is 1.00 e. The summed E-state index contributed by atoms with van der Waals surface area (Å²) in [6.07, 6.45) is 24.0. The lowest BCUT2D eigenvalue weighted by Crippen LogP contribution is -3.00. The van der Waals surface area contributed by atoms with Gasteiger partial charge in [0.15, 0.2) is 16.6 Å². The maximum absolute atomic E-state index is 11.6. The lowest BCUT2D eigenvalue weighted by atomic mass is 9.77. The third kappa shape index (κ3) is 27.4. The van der Waals surface area contributed by atoms with E-state index >= 15 is 0 Å². The maximum Gasteiger partial charge on any atom is 0.336 e. The molecular weight excluding hydrogens is 1420 g/mol. The molecule has 5 aromatic rings. The van der Waals surface area contributed by atoms with Crippen molar-refractivity contribution in [2.24, 2.45) is 71.0 Å². The van der Waals surface area contributed by atoms with Crippen LogP contribution in [0.15, 0.2) is 184 Å². The second kappa shape index (κ2) is 43.8. The van der Waals surface area contributed by atoms with E-state index in [1.54, 1.807) is 20.3 Å². The summed E-state index contributed by atoms with van der Waals surface area (Å²) in [4.78, 5) is 11.6. The van der Waals surface area contributed by atoms with Gasteiger partial charge in [-0.15, -0.1) is 0 Å². The Labute approximate surface area is 643 Å². The lowest BCUT2D eigenvalue weighted by molar-refractivity contribution is -0.0981. The molecule has 5 rings (SSSR count). The van der Waals surface area contributed by atoms with Crippen LogP contribution in [0.1, 0.15) is 184 Å². The van der Waals surface area contributed by atoms with Crippen LogP contribution in [0.3, 0.4) is 0 Å². The summed E-state index contributed by atoms with van der Waals surface area (Å²) >= 11 is 0. The molecule has 0 aliphatic carbocycles. The summed E-state index contributed by atoms with van der Waals surface area (Å²) in [7, 11) is -2.62. The predicted octanol–water partition coefficient (Wildman–Crippen LogP) is 20.8. The molecule has 0 aliphatic heterocycles. The highest BCUT2D eigenvalue weighted by Gasteiger charge is 2.49. The molecule has 12 heteroatoms. The second-order valence-corrected chi connectivity index (χ2v) is 46.5. The average Bonchev–Trinajstić information content (AvgIpc) is 0.752. The van der Waals surface area contributed by atoms with E-state index in [0.29, 0.717) is 52.9 Å². The molecule has 1 aromatic heterocycles. The fourth-order valence-electron chi connectivity index (χ4n) is 14.4. The minimum atomic E-state index is -2.03. The van der Waals surface area contributed by atoms with Crippen molar-refractivity contribution in [1.29, 1.82) is 0 Å². The topological polar surface area (TPSA) is 85.6 Å². The van der Waals surface area contributed by atoms with Gasteiger partial charge in [0.2, 0.25) is 0 Å². The molecule has 0 aliphatic rings. The first-order valence-corrected chi connectivity index (χ1v) is 46.2. The van der Waals surface area contributed by atoms with E-state index in [0.717, 1.165) is 42.8 Å². The van der Waals surface area contributed by atoms with Crippen LogP contribution < -0.4 is 45.5 Å². The van der Waals surface area contributed by atoms with Gasteiger partial charge in [-0.3, -0.25) is 0 Å². The number of rotatable bonds is 39. The third-order valence-electron chi connectivity index (χ3n) is 22.9. The van der Waals surface area contributed by atoms with Gasteiger partial charge in [-0.2, -0.15) is 0 Å². The molecule has 0 amide bonds. The van der Waals surface area contributed by atoms with E-state index in [1.807, 2.05) is 18.2 Å². The molecule has 0 bridgehead atoms. The standard InChI is InChI=1S/C49H76O3PSi.C41H66O5Si.HI/c1-15-16-26-38(3)42(7)43(8)48(52-54(13,14)49(9,10)11)40(5)34-37(2)33-39(4)47(51-36-50-12)41(6)35-53(44-27-20-17-21-28-44,45-29-22-18-23-30-45)46-31-24-19-25-32-46;1-15-16-17-29(3)33(7)34(8)40(46-47(13,14)41(9,10)11)32(6)25-28(2)24-31(5)39(44-27-43-12)30(4)18-19-35-20-22-37-36(26-35)21-23-38(42)45-37;/h16-33,38-43,47-48H,15,34-36H2,1-14H3;16-24,26,29-34,39-40H,15,25,27H2,1-14H3;1H/q+1;;/p-1/b26-16-,37-33-;17-16-,19-18-,28-24-;/t38?,39-,40-,41?,42-,43+,47+,48+;29?,30?,31-,32-,33-,34+,39-,40+;/m00./s1. The summed E-state index contributed by atoms with van der Waals surface area (Å²) in [5.41, 5.74) is 4.08. The van der Waals surface area contributed by atoms with Crippen molar-refractivity contribution in [3.8, 4) is 0 Å². The molecular formula is C90H142IO8PSi2. The Balaban J connectivity index is 0.000000530. The number of fused-ring (bicyclic) bond motifs is 1. The molecule has 0 N–H and O–H groups in total. The molecule has 16 atom stereocenters. The van der Waals surface area contributed by atoms with Crippen LogP contribution in [0.2, 0.25) is 36.3 Å². The fraction of sp³-hybridized carbons (Fsp3) is 0.589. The third-order valence-corrected chi connectivity index (χ3v) is 36.6. The van der Waals surface area contributed by atoms with Crippen LogP contribution in [0, 0.1) is 71.0 Å². The highest BCUT2D eigenvalue weighted by Crippen LogP contribution is 2.57. The monoisotopic (exact) mass is 1560 g/mol. The van der Waals surface area contributed by atoms with Crippen molar-refractivity contribution < 1.29 is 56.2 Å². The number of hydrogen-bond acceptors (Lipinski definition) is 8. The molecule has 0 saturated heterocycles. The molecule has 4 aromatic carbocycles. The quantitative estimate of drug-likeness (QED) is 0.00961. The number of halogens is 1. The summed E-state index contributed by atoms with van der Waals surface area (Å²) in [5, 5.41) is 5.43. The number of ether oxygens (including phenoxy) is 4. The van der Waals surface area contributed by atoms with Crippen LogP contribution >= 0.6 is 7.26 Å². The first-order valence-electron chi connectivity index (χ1n) is 38.4. The van der Waals surface area contributed by atoms with Gasteiger partial charge < -0.3 is 56.2 Å². The smallest absolute Gasteiger partial charge is 0.336 e. The normalized spacial score (nSPS) is 18.0. The predicted molar refractivity (Wildman–Crippen MR) is 445 cm³/mol. The molecule has 1 heterocycles. The lowest BCUT2D eigenvalue weighted by Gasteiger charge is -2.44. The van der Waals surface area contributed by atoms with Gasteiger partial charge in [0.25, 0.3) is 0 Å². The van der Waals surface area contributed by atoms with Crippen LogP contribution in [-0.2, 0) is 27.8 Å². The number of benzene rings is 4. The zero-order valence-corrected chi connectivity index (χ0v) is 74.0. The molecule has 0 spiro atoms. The maximum atomic E-state index is 11.6. The molecule has 4 unspecified atom stereocenters. The molecule has 570 valence electrons. The van der Waals surface area contributed by atoms with Crippen molar-refractivity contribution in [3.05, 3.63) is 191 Å². The first-order chi connectivity index (χ1) is 47.4. The van der Waals surface area contributed by atoms with Gasteiger partial charge in [-0.05, 0) is 183 Å². The van der Waals surface area contributed by atoms with E-state index in [1.165, 1.54) is 33.1 Å². The summed E-state index contributed by atoms with van der Waals surface area (Å²) in [5.74, 6) is 4.41. The van der Waals surface area contributed by atoms with Gasteiger partial charge in [0.05, 0.1) is 30.6 Å². The van der Waals surface area contributed by atoms with E-state index in [4.69, 9.17) is 32.2 Å². The molecule has 0 fully saturated rings. The van der Waals surface area contributed by atoms with Crippen LogP contribution in [0.4, 0.5) is 0 Å². The minimum Gasteiger partial charge on any atom is -1.00 e. The van der Waals surface area contributed by atoms with Crippen LogP contribution in [0.25, 0.3) is 17.0 Å². The SMILES string of the molecule is CC/C=C\C(C)[C@H](C)[C@@H](C)[C@H](O[Si](C)(C)C(C)(C)C)[C@@H](C)C/C(C)=C\[C@H](C)[C@@H](OCOC)C(C)/C=C\c1ccc2oc(=O)ccc2c1.CC/C=C\C(C)[C@H](C)[C@@H](C)[C@H](O[Si](C)(C)C(C)(C)C)[C@@H](C)C/C(C)=C\[C@H](C)[C@@H](OCOC)C(C)C[P+](c1ccccc1)(c1ccccc1)c1ccccc1.[I-]. The van der Waals surface area contributed by atoms with Crippen molar-refractivity contribution >= 4 is 56.9 Å². The van der Waals surface area contributed by atoms with Crippen molar-refractivity contribution in [2.75, 3.05) is 34.0 Å².